The zero-order valence-corrected chi connectivity index (χ0v) is 41.3. The van der Waals surface area contributed by atoms with E-state index in [4.69, 9.17) is 0 Å². The van der Waals surface area contributed by atoms with Crippen molar-refractivity contribution in [3.8, 4) is 0 Å². The molecule has 0 bridgehead atoms. The zero-order valence-electron chi connectivity index (χ0n) is 30.9. The minimum atomic E-state index is -5.41. The molecule has 0 atom stereocenters. The van der Waals surface area contributed by atoms with Gasteiger partial charge in [0, 0.05) is 0 Å². The van der Waals surface area contributed by atoms with Gasteiger partial charge in [0.2, 0.25) is 0 Å². The van der Waals surface area contributed by atoms with Crippen molar-refractivity contribution in [3.63, 3.8) is 0 Å². The van der Waals surface area contributed by atoms with Gasteiger partial charge in [-0.05, 0) is 0 Å². The summed E-state index contributed by atoms with van der Waals surface area (Å²) in [5.74, 6) is 0. The topological polar surface area (TPSA) is 208 Å². The van der Waals surface area contributed by atoms with Gasteiger partial charge in [0.25, 0.3) is 0 Å². The molecule has 6 aromatic carbocycles. The van der Waals surface area contributed by atoms with E-state index >= 15 is 0 Å². The number of hydrogen-bond acceptors (Lipinski definition) is 9. The third-order valence-corrected chi connectivity index (χ3v) is 13.8. The molecule has 0 aromatic heterocycles. The Morgan fingerprint density at radius 2 is 0.316 bits per heavy atom. The number of rotatable bonds is 12. The molecular formula is C42H42O9P3Sb3. The van der Waals surface area contributed by atoms with Crippen LogP contribution in [-0.4, -0.2) is 73.3 Å². The van der Waals surface area contributed by atoms with Gasteiger partial charge in [-0.3, -0.25) is 0 Å². The van der Waals surface area contributed by atoms with Crippen LogP contribution in [0.15, 0.2) is 182 Å². The Balaban J connectivity index is 0.000000417. The molecule has 15 heteroatoms. The molecule has 0 spiro atoms. The Labute approximate surface area is 388 Å². The average Bonchev–Trinajstić information content (AvgIpc) is 3.09. The maximum absolute atomic E-state index is 12.0. The quantitative estimate of drug-likeness (QED) is 0.127. The van der Waals surface area contributed by atoms with Crippen LogP contribution in [0.25, 0.3) is 0 Å². The Bertz CT molecular complexity index is 1620. The Hall–Kier alpha value is -1.30. The van der Waals surface area contributed by atoms with Crippen molar-refractivity contribution in [1.82, 2.24) is 0 Å². The fraction of sp³-hybridized carbons (Fsp3) is 0.143. The first-order chi connectivity index (χ1) is 25.3. The zero-order chi connectivity index (χ0) is 39.3. The molecule has 0 saturated carbocycles. The van der Waals surface area contributed by atoms with Crippen LogP contribution in [0.4, 0.5) is 0 Å². The van der Waals surface area contributed by atoms with E-state index < -0.39 is 58.8 Å². The average molecular weight is 1150 g/mol. The summed E-state index contributed by atoms with van der Waals surface area (Å²) >= 11 is 0. The van der Waals surface area contributed by atoms with Crippen LogP contribution >= 0.6 is 21.9 Å². The van der Waals surface area contributed by atoms with E-state index in [9.17, 15) is 44.0 Å². The predicted octanol–water partition coefficient (Wildman–Crippen LogP) is 1.16. The first kappa shape index (κ1) is 53.7. The third-order valence-electron chi connectivity index (χ3n) is 7.99. The SMILES string of the molecule is [O-]P([O-])([O-])(Cc1ccccc1)Cc1ccccc1.[O-]P([O-])([O-])(Cc1ccccc1)Cc1ccccc1.[O-]P([O-])([O-])(Cc1ccccc1)Cc1ccccc1.[Sb+3].[Sb+3].[Sb+3]. The second kappa shape index (κ2) is 23.1. The van der Waals surface area contributed by atoms with Crippen molar-refractivity contribution >= 4 is 95.1 Å². The van der Waals surface area contributed by atoms with Gasteiger partial charge in [-0.25, -0.2) is 0 Å². The Kier molecular flexibility index (Phi) is 21.7. The summed E-state index contributed by atoms with van der Waals surface area (Å²) in [6, 6.07) is 51.3. The Morgan fingerprint density at radius 3 is 0.421 bits per heavy atom. The van der Waals surface area contributed by atoms with Crippen LogP contribution in [0.5, 0.6) is 0 Å². The van der Waals surface area contributed by atoms with E-state index in [0.29, 0.717) is 33.4 Å². The fourth-order valence-corrected chi connectivity index (χ4v) is 11.6. The molecule has 0 N–H and O–H groups in total. The summed E-state index contributed by atoms with van der Waals surface area (Å²) < 4.78 is 0. The fourth-order valence-electron chi connectivity index (χ4n) is 5.78. The van der Waals surface area contributed by atoms with E-state index in [0.717, 1.165) is 0 Å². The van der Waals surface area contributed by atoms with Crippen LogP contribution in [0, 0.1) is 0 Å². The molecule has 6 rings (SSSR count). The molecule has 0 aliphatic heterocycles. The third kappa shape index (κ3) is 22.2. The predicted molar refractivity (Wildman–Crippen MR) is 219 cm³/mol. The summed E-state index contributed by atoms with van der Waals surface area (Å²) in [4.78, 5) is 108. The minimum Gasteiger partial charge on any atom is 3.00 e. The van der Waals surface area contributed by atoms with Gasteiger partial charge < -0.3 is 0 Å². The van der Waals surface area contributed by atoms with Gasteiger partial charge >= 0.3 is 392 Å². The van der Waals surface area contributed by atoms with Crippen LogP contribution in [0.3, 0.4) is 0 Å². The molecular weight excluding hydrogens is 1110 g/mol. The Morgan fingerprint density at radius 1 is 0.211 bits per heavy atom. The minimum absolute atomic E-state index is 0. The van der Waals surface area contributed by atoms with Crippen LogP contribution in [0.1, 0.15) is 33.4 Å². The molecule has 6 aromatic rings. The molecule has 57 heavy (non-hydrogen) atoms. The summed E-state index contributed by atoms with van der Waals surface area (Å²) in [5.41, 5.74) is 3.20. The van der Waals surface area contributed by atoms with E-state index in [1.807, 2.05) is 0 Å². The molecule has 0 heterocycles. The van der Waals surface area contributed by atoms with E-state index in [1.54, 1.807) is 182 Å². The van der Waals surface area contributed by atoms with Gasteiger partial charge in [-0.1, -0.05) is 0 Å². The molecule has 294 valence electrons. The van der Waals surface area contributed by atoms with Crippen molar-refractivity contribution in [2.24, 2.45) is 0 Å². The molecule has 0 aliphatic carbocycles. The molecule has 0 amide bonds. The first-order valence-electron chi connectivity index (χ1n) is 17.1. The number of benzene rings is 6. The first-order valence-corrected chi connectivity index (χ1v) is 24.2. The van der Waals surface area contributed by atoms with Crippen LogP contribution < -0.4 is 44.0 Å². The van der Waals surface area contributed by atoms with Crippen molar-refractivity contribution in [2.75, 3.05) is 0 Å². The molecule has 0 unspecified atom stereocenters. The maximum Gasteiger partial charge on any atom is 3.00 e. The second-order valence-electron chi connectivity index (χ2n) is 13.5. The van der Waals surface area contributed by atoms with Crippen molar-refractivity contribution in [2.45, 2.75) is 37.0 Å². The van der Waals surface area contributed by atoms with Gasteiger partial charge in [0.05, 0.1) is 0 Å². The van der Waals surface area contributed by atoms with Crippen LogP contribution in [-0.2, 0) is 37.0 Å². The largest absolute Gasteiger partial charge is 3.00 e. The van der Waals surface area contributed by atoms with E-state index in [-0.39, 0.29) is 73.3 Å². The van der Waals surface area contributed by atoms with Gasteiger partial charge in [-0.2, -0.15) is 0 Å². The van der Waals surface area contributed by atoms with Gasteiger partial charge in [-0.15, -0.1) is 0 Å². The summed E-state index contributed by atoms with van der Waals surface area (Å²) in [5, 5.41) is 0. The van der Waals surface area contributed by atoms with Gasteiger partial charge in [0.15, 0.2) is 0 Å². The standard InChI is InChI=1S/3C14H14O3P.3Sb/c3*15-18(16,17,11-13-7-3-1-4-8-13)12-14-9-5-2-6-10-14;;;/h3*1-10H,11-12H2;;;/q3*-3;3*+3. The summed E-state index contributed by atoms with van der Waals surface area (Å²) in [6.07, 6.45) is -2.66. The summed E-state index contributed by atoms with van der Waals surface area (Å²) in [7, 11) is -16.2. The smallest absolute Gasteiger partial charge is 3.00 e. The van der Waals surface area contributed by atoms with E-state index in [1.165, 1.54) is 0 Å². The number of hydrogen-bond donors (Lipinski definition) is 0. The van der Waals surface area contributed by atoms with Crippen molar-refractivity contribution in [1.29, 1.82) is 0 Å². The summed E-state index contributed by atoms with van der Waals surface area (Å²) in [6.45, 7) is 0. The molecule has 0 saturated heterocycles. The monoisotopic (exact) mass is 1150 g/mol. The molecule has 6 radical (unpaired) electrons. The van der Waals surface area contributed by atoms with E-state index in [2.05, 4.69) is 0 Å². The van der Waals surface area contributed by atoms with Crippen LogP contribution in [0.2, 0.25) is 0 Å². The molecule has 0 aliphatic rings. The maximum atomic E-state index is 12.0. The van der Waals surface area contributed by atoms with Gasteiger partial charge in [0.1, 0.15) is 0 Å². The van der Waals surface area contributed by atoms with Crippen molar-refractivity contribution in [3.05, 3.63) is 215 Å². The molecule has 9 nitrogen and oxygen atoms in total. The normalized spacial score (nSPS) is 13.1. The van der Waals surface area contributed by atoms with Crippen molar-refractivity contribution < 1.29 is 44.0 Å². The second-order valence-corrected chi connectivity index (χ2v) is 22.8. The molecule has 0 fully saturated rings.